The number of nitrogens with zero attached hydrogens (tertiary/aromatic N) is 1. The van der Waals surface area contributed by atoms with Crippen molar-refractivity contribution >= 4 is 5.91 Å². The van der Waals surface area contributed by atoms with Gasteiger partial charge in [-0.1, -0.05) is 60.7 Å². The van der Waals surface area contributed by atoms with E-state index in [0.29, 0.717) is 6.54 Å². The molecule has 0 saturated heterocycles. The van der Waals surface area contributed by atoms with Crippen LogP contribution in [0.4, 0.5) is 0 Å². The van der Waals surface area contributed by atoms with Gasteiger partial charge in [0.05, 0.1) is 6.04 Å². The molecule has 25 heavy (non-hydrogen) atoms. The summed E-state index contributed by atoms with van der Waals surface area (Å²) in [5.41, 5.74) is 3.63. The molecule has 1 aromatic heterocycles. The standard InChI is InChI=1S/C22H22N2O/c1-18(21-10-6-3-7-11-21)23-22(25)17-24-14-12-20(13-15-24)16-19-8-4-2-5-9-19/h2-15,18H,16-17H2,1H3/p+1/t18-/m1/s1. The average Bonchev–Trinajstić information content (AvgIpc) is 2.65. The zero-order valence-corrected chi connectivity index (χ0v) is 14.4. The van der Waals surface area contributed by atoms with Gasteiger partial charge in [0, 0.05) is 12.1 Å². The Bertz CT molecular complexity index is 798. The number of hydrogen-bond acceptors (Lipinski definition) is 1. The minimum absolute atomic E-state index is 0.00616. The fourth-order valence-electron chi connectivity index (χ4n) is 2.82. The Morgan fingerprint density at radius 3 is 2.08 bits per heavy atom. The van der Waals surface area contributed by atoms with E-state index in [-0.39, 0.29) is 11.9 Å². The molecule has 3 aromatic rings. The zero-order valence-electron chi connectivity index (χ0n) is 14.4. The summed E-state index contributed by atoms with van der Waals surface area (Å²) < 4.78 is 1.90. The van der Waals surface area contributed by atoms with E-state index in [2.05, 4.69) is 41.7 Å². The molecular formula is C22H23N2O+. The largest absolute Gasteiger partial charge is 0.344 e. The van der Waals surface area contributed by atoms with Gasteiger partial charge in [-0.15, -0.1) is 0 Å². The van der Waals surface area contributed by atoms with Crippen molar-refractivity contribution in [1.29, 1.82) is 0 Å². The highest BCUT2D eigenvalue weighted by Crippen LogP contribution is 2.10. The Hall–Kier alpha value is -2.94. The van der Waals surface area contributed by atoms with Gasteiger partial charge in [-0.3, -0.25) is 4.79 Å². The molecule has 0 unspecified atom stereocenters. The third kappa shape index (κ3) is 5.01. The molecule has 3 rings (SSSR count). The smallest absolute Gasteiger partial charge is 0.286 e. The van der Waals surface area contributed by atoms with Gasteiger partial charge in [0.15, 0.2) is 12.4 Å². The van der Waals surface area contributed by atoms with Crippen LogP contribution in [0.3, 0.4) is 0 Å². The maximum Gasteiger partial charge on any atom is 0.286 e. The predicted molar refractivity (Wildman–Crippen MR) is 98.9 cm³/mol. The van der Waals surface area contributed by atoms with Gasteiger partial charge in [-0.05, 0) is 30.0 Å². The molecule has 3 nitrogen and oxygen atoms in total. The van der Waals surface area contributed by atoms with Gasteiger partial charge in [-0.25, -0.2) is 0 Å². The first-order valence-corrected chi connectivity index (χ1v) is 8.57. The van der Waals surface area contributed by atoms with E-state index in [1.165, 1.54) is 11.1 Å². The normalized spacial score (nSPS) is 11.7. The monoisotopic (exact) mass is 331 g/mol. The molecule has 0 aliphatic carbocycles. The number of rotatable bonds is 6. The number of pyridine rings is 1. The van der Waals surface area contributed by atoms with Crippen LogP contribution < -0.4 is 9.88 Å². The maximum atomic E-state index is 12.2. The molecule has 0 saturated carbocycles. The first-order valence-electron chi connectivity index (χ1n) is 8.57. The number of hydrogen-bond donors (Lipinski definition) is 1. The van der Waals surface area contributed by atoms with E-state index in [0.717, 1.165) is 12.0 Å². The molecule has 2 aromatic carbocycles. The topological polar surface area (TPSA) is 33.0 Å². The molecule has 0 spiro atoms. The summed E-state index contributed by atoms with van der Waals surface area (Å²) in [6.45, 7) is 2.32. The molecule has 1 atom stereocenters. The predicted octanol–water partition coefficient (Wildman–Crippen LogP) is 3.44. The van der Waals surface area contributed by atoms with E-state index in [9.17, 15) is 4.79 Å². The van der Waals surface area contributed by atoms with Gasteiger partial charge < -0.3 is 5.32 Å². The van der Waals surface area contributed by atoms with Crippen molar-refractivity contribution in [3.05, 3.63) is 102 Å². The minimum atomic E-state index is 0.00616. The number of benzene rings is 2. The Balaban J connectivity index is 1.55. The molecule has 1 heterocycles. The van der Waals surface area contributed by atoms with E-state index in [1.807, 2.05) is 60.3 Å². The van der Waals surface area contributed by atoms with E-state index in [1.54, 1.807) is 0 Å². The van der Waals surface area contributed by atoms with Gasteiger partial charge in [0.25, 0.3) is 5.91 Å². The second kappa shape index (κ2) is 8.25. The van der Waals surface area contributed by atoms with Crippen molar-refractivity contribution in [3.8, 4) is 0 Å². The molecule has 0 aliphatic rings. The highest BCUT2D eigenvalue weighted by Gasteiger charge is 2.13. The summed E-state index contributed by atoms with van der Waals surface area (Å²) in [5.74, 6) is 0.0113. The van der Waals surface area contributed by atoms with Crippen molar-refractivity contribution in [2.75, 3.05) is 0 Å². The number of carbonyl (C=O) groups is 1. The summed E-state index contributed by atoms with van der Waals surface area (Å²) in [6.07, 6.45) is 4.83. The first-order chi connectivity index (χ1) is 12.2. The van der Waals surface area contributed by atoms with Crippen molar-refractivity contribution < 1.29 is 9.36 Å². The lowest BCUT2D eigenvalue weighted by molar-refractivity contribution is -0.684. The number of nitrogens with one attached hydrogen (secondary N) is 1. The summed E-state index contributed by atoms with van der Waals surface area (Å²) in [4.78, 5) is 12.2. The third-order valence-corrected chi connectivity index (χ3v) is 4.21. The highest BCUT2D eigenvalue weighted by atomic mass is 16.2. The lowest BCUT2D eigenvalue weighted by atomic mass is 10.1. The summed E-state index contributed by atoms with van der Waals surface area (Å²) in [7, 11) is 0. The minimum Gasteiger partial charge on any atom is -0.344 e. The van der Waals surface area contributed by atoms with Crippen LogP contribution in [0, 0.1) is 0 Å². The molecule has 126 valence electrons. The second-order valence-corrected chi connectivity index (χ2v) is 6.24. The molecular weight excluding hydrogens is 308 g/mol. The van der Waals surface area contributed by atoms with Crippen molar-refractivity contribution in [2.45, 2.75) is 25.9 Å². The van der Waals surface area contributed by atoms with Crippen molar-refractivity contribution in [3.63, 3.8) is 0 Å². The lowest BCUT2D eigenvalue weighted by Gasteiger charge is -2.12. The number of carbonyl (C=O) groups excluding carboxylic acids is 1. The fraction of sp³-hybridized carbons (Fsp3) is 0.182. The molecule has 0 radical (unpaired) electrons. The van der Waals surface area contributed by atoms with Gasteiger partial charge in [0.1, 0.15) is 0 Å². The second-order valence-electron chi connectivity index (χ2n) is 6.24. The molecule has 0 aliphatic heterocycles. The van der Waals surface area contributed by atoms with E-state index < -0.39 is 0 Å². The Morgan fingerprint density at radius 1 is 0.880 bits per heavy atom. The number of amides is 1. The van der Waals surface area contributed by atoms with Crippen LogP contribution >= 0.6 is 0 Å². The third-order valence-electron chi connectivity index (χ3n) is 4.21. The molecule has 0 bridgehead atoms. The maximum absolute atomic E-state index is 12.2. The van der Waals surface area contributed by atoms with E-state index >= 15 is 0 Å². The van der Waals surface area contributed by atoms with Crippen molar-refractivity contribution in [1.82, 2.24) is 5.32 Å². The highest BCUT2D eigenvalue weighted by molar-refractivity contribution is 5.74. The van der Waals surface area contributed by atoms with Crippen LogP contribution in [0.5, 0.6) is 0 Å². The average molecular weight is 331 g/mol. The van der Waals surface area contributed by atoms with Crippen LogP contribution in [-0.2, 0) is 17.8 Å². The molecule has 3 heteroatoms. The Kier molecular flexibility index (Phi) is 5.57. The van der Waals surface area contributed by atoms with Crippen LogP contribution in [0.1, 0.15) is 29.7 Å². The first kappa shape index (κ1) is 16.9. The Labute approximate surface area is 149 Å². The van der Waals surface area contributed by atoms with Crippen LogP contribution in [0.25, 0.3) is 0 Å². The zero-order chi connectivity index (χ0) is 17.5. The fourth-order valence-corrected chi connectivity index (χ4v) is 2.82. The quantitative estimate of drug-likeness (QED) is 0.690. The summed E-state index contributed by atoms with van der Waals surface area (Å²) in [5, 5.41) is 3.04. The molecule has 0 fully saturated rings. The SMILES string of the molecule is C[C@@H](NC(=O)C[n+]1ccc(Cc2ccccc2)cc1)c1ccccc1. The van der Waals surface area contributed by atoms with Crippen molar-refractivity contribution in [2.24, 2.45) is 0 Å². The van der Waals surface area contributed by atoms with Gasteiger partial charge in [-0.2, -0.15) is 4.57 Å². The molecule has 1 N–H and O–H groups in total. The molecule has 1 amide bonds. The number of aromatic nitrogens is 1. The van der Waals surface area contributed by atoms with Gasteiger partial charge >= 0.3 is 0 Å². The van der Waals surface area contributed by atoms with E-state index in [4.69, 9.17) is 0 Å². The summed E-state index contributed by atoms with van der Waals surface area (Å²) >= 11 is 0. The lowest BCUT2D eigenvalue weighted by Crippen LogP contribution is -2.43. The Morgan fingerprint density at radius 2 is 1.44 bits per heavy atom. The van der Waals surface area contributed by atoms with Crippen LogP contribution in [0.15, 0.2) is 85.2 Å². The summed E-state index contributed by atoms with van der Waals surface area (Å²) in [6, 6.07) is 24.5. The van der Waals surface area contributed by atoms with Crippen LogP contribution in [0.2, 0.25) is 0 Å². The van der Waals surface area contributed by atoms with Gasteiger partial charge in [0.2, 0.25) is 6.54 Å². The van der Waals surface area contributed by atoms with Crippen LogP contribution in [-0.4, -0.2) is 5.91 Å².